The number of hydrogen-bond acceptors (Lipinski definition) is 5. The van der Waals surface area contributed by atoms with Crippen molar-refractivity contribution in [3.8, 4) is 0 Å². The normalized spacial score (nSPS) is 36.7. The summed E-state index contributed by atoms with van der Waals surface area (Å²) < 4.78 is 5.57. The van der Waals surface area contributed by atoms with Gasteiger partial charge >= 0.3 is 0 Å². The quantitative estimate of drug-likeness (QED) is 0.521. The second-order valence-electron chi connectivity index (χ2n) is 5.23. The Labute approximate surface area is 107 Å². The van der Waals surface area contributed by atoms with Gasteiger partial charge in [0.1, 0.15) is 18.3 Å². The third-order valence-electron chi connectivity index (χ3n) is 3.10. The molecule has 1 rings (SSSR count). The molecule has 106 valence electrons. The van der Waals surface area contributed by atoms with Crippen LogP contribution in [0.3, 0.4) is 0 Å². The molecular weight excluding hydrogens is 238 g/mol. The predicted octanol–water partition coefficient (Wildman–Crippen LogP) is -0.981. The standard InChI is InChI=1S/C12H23NO5/c1-6(2)4-8-10(13-7(3)15)12(17)11(16)9(5-14)18-8/h6,8-12,14,16-17H,4-5H2,1-3H3,(H,13,15). The van der Waals surface area contributed by atoms with Crippen molar-refractivity contribution < 1.29 is 24.9 Å². The lowest BCUT2D eigenvalue weighted by molar-refractivity contribution is -0.198. The molecule has 1 fully saturated rings. The molecule has 5 atom stereocenters. The molecule has 6 nitrogen and oxygen atoms in total. The molecule has 0 spiro atoms. The first-order chi connectivity index (χ1) is 8.36. The Balaban J connectivity index is 2.83. The number of amides is 1. The summed E-state index contributed by atoms with van der Waals surface area (Å²) in [6, 6.07) is -0.650. The van der Waals surface area contributed by atoms with Gasteiger partial charge in [-0.2, -0.15) is 0 Å². The molecule has 0 aromatic carbocycles. The van der Waals surface area contributed by atoms with Gasteiger partial charge < -0.3 is 25.4 Å². The largest absolute Gasteiger partial charge is 0.394 e. The van der Waals surface area contributed by atoms with E-state index in [-0.39, 0.29) is 12.5 Å². The van der Waals surface area contributed by atoms with E-state index < -0.39 is 30.5 Å². The molecule has 1 amide bonds. The van der Waals surface area contributed by atoms with Crippen LogP contribution >= 0.6 is 0 Å². The lowest BCUT2D eigenvalue weighted by Gasteiger charge is -2.43. The number of carbonyl (C=O) groups excluding carboxylic acids is 1. The minimum atomic E-state index is -1.20. The zero-order chi connectivity index (χ0) is 13.9. The number of rotatable bonds is 4. The Hall–Kier alpha value is -0.690. The fourth-order valence-electron chi connectivity index (χ4n) is 2.27. The highest BCUT2D eigenvalue weighted by molar-refractivity contribution is 5.73. The Morgan fingerprint density at radius 3 is 2.33 bits per heavy atom. The fraction of sp³-hybridized carbons (Fsp3) is 0.917. The van der Waals surface area contributed by atoms with Crippen LogP contribution in [0.5, 0.6) is 0 Å². The number of carbonyl (C=O) groups is 1. The number of hydrogen-bond donors (Lipinski definition) is 4. The van der Waals surface area contributed by atoms with Crippen molar-refractivity contribution in [2.45, 2.75) is 57.6 Å². The Kier molecular flexibility index (Phi) is 5.52. The van der Waals surface area contributed by atoms with Crippen LogP contribution in [0.15, 0.2) is 0 Å². The molecule has 18 heavy (non-hydrogen) atoms. The van der Waals surface area contributed by atoms with Crippen LogP contribution in [0.1, 0.15) is 27.2 Å². The molecule has 0 aromatic heterocycles. The first kappa shape index (κ1) is 15.4. The molecule has 0 saturated carbocycles. The minimum absolute atomic E-state index is 0.286. The highest BCUT2D eigenvalue weighted by Gasteiger charge is 2.44. The summed E-state index contributed by atoms with van der Waals surface area (Å²) in [5, 5.41) is 31.5. The van der Waals surface area contributed by atoms with Crippen LogP contribution in [0.2, 0.25) is 0 Å². The SMILES string of the molecule is CC(=O)NC1C(CC(C)C)OC(CO)C(O)C1O. The molecule has 1 heterocycles. The molecule has 0 aliphatic carbocycles. The Morgan fingerprint density at radius 1 is 1.28 bits per heavy atom. The molecule has 0 bridgehead atoms. The molecule has 6 heteroatoms. The highest BCUT2D eigenvalue weighted by Crippen LogP contribution is 2.25. The van der Waals surface area contributed by atoms with Gasteiger partial charge in [0.15, 0.2) is 0 Å². The second kappa shape index (κ2) is 6.47. The van der Waals surface area contributed by atoms with Crippen LogP contribution < -0.4 is 5.32 Å². The number of ether oxygens (including phenoxy) is 1. The molecule has 0 radical (unpaired) electrons. The van der Waals surface area contributed by atoms with Gasteiger partial charge in [-0.15, -0.1) is 0 Å². The minimum Gasteiger partial charge on any atom is -0.394 e. The van der Waals surface area contributed by atoms with Gasteiger partial charge in [-0.3, -0.25) is 4.79 Å². The van der Waals surface area contributed by atoms with E-state index in [1.807, 2.05) is 13.8 Å². The molecule has 1 aliphatic heterocycles. The van der Waals surface area contributed by atoms with Crippen molar-refractivity contribution >= 4 is 5.91 Å². The van der Waals surface area contributed by atoms with Gasteiger partial charge in [-0.05, 0) is 12.3 Å². The highest BCUT2D eigenvalue weighted by atomic mass is 16.5. The van der Waals surface area contributed by atoms with Gasteiger partial charge in [0.05, 0.1) is 18.8 Å². The fourth-order valence-corrected chi connectivity index (χ4v) is 2.27. The number of aliphatic hydroxyl groups is 3. The van der Waals surface area contributed by atoms with Gasteiger partial charge in [0, 0.05) is 6.92 Å². The molecular formula is C12H23NO5. The average molecular weight is 261 g/mol. The van der Waals surface area contributed by atoms with Crippen molar-refractivity contribution in [1.82, 2.24) is 5.32 Å². The first-order valence-electron chi connectivity index (χ1n) is 6.26. The summed E-state index contributed by atoms with van der Waals surface area (Å²) in [5.74, 6) is 0.0269. The zero-order valence-corrected chi connectivity index (χ0v) is 11.0. The van der Waals surface area contributed by atoms with Crippen molar-refractivity contribution in [3.63, 3.8) is 0 Å². The summed E-state index contributed by atoms with van der Waals surface area (Å²) >= 11 is 0. The number of aliphatic hydroxyl groups excluding tert-OH is 3. The second-order valence-corrected chi connectivity index (χ2v) is 5.23. The van der Waals surface area contributed by atoms with E-state index in [0.717, 1.165) is 0 Å². The number of nitrogens with one attached hydrogen (secondary N) is 1. The molecule has 0 aromatic rings. The van der Waals surface area contributed by atoms with Gasteiger partial charge in [-0.25, -0.2) is 0 Å². The van der Waals surface area contributed by atoms with Crippen molar-refractivity contribution in [1.29, 1.82) is 0 Å². The average Bonchev–Trinajstić information content (AvgIpc) is 2.27. The van der Waals surface area contributed by atoms with E-state index in [1.165, 1.54) is 6.92 Å². The van der Waals surface area contributed by atoms with E-state index in [2.05, 4.69) is 5.32 Å². The van der Waals surface area contributed by atoms with E-state index in [1.54, 1.807) is 0 Å². The monoisotopic (exact) mass is 261 g/mol. The third-order valence-corrected chi connectivity index (χ3v) is 3.10. The van der Waals surface area contributed by atoms with E-state index in [0.29, 0.717) is 12.3 Å². The van der Waals surface area contributed by atoms with Gasteiger partial charge in [0.25, 0.3) is 0 Å². The van der Waals surface area contributed by atoms with Crippen LogP contribution in [0, 0.1) is 5.92 Å². The lowest BCUT2D eigenvalue weighted by Crippen LogP contribution is -2.64. The van der Waals surface area contributed by atoms with Crippen LogP contribution in [-0.2, 0) is 9.53 Å². The van der Waals surface area contributed by atoms with Crippen LogP contribution in [0.25, 0.3) is 0 Å². The predicted molar refractivity (Wildman–Crippen MR) is 64.8 cm³/mol. The maximum atomic E-state index is 11.1. The molecule has 4 N–H and O–H groups in total. The summed E-state index contributed by atoms with van der Waals surface area (Å²) in [6.45, 7) is 4.99. The Bertz CT molecular complexity index is 284. The Morgan fingerprint density at radius 2 is 1.89 bits per heavy atom. The van der Waals surface area contributed by atoms with Crippen molar-refractivity contribution in [2.75, 3.05) is 6.61 Å². The zero-order valence-electron chi connectivity index (χ0n) is 11.0. The van der Waals surface area contributed by atoms with E-state index >= 15 is 0 Å². The molecule has 1 aliphatic rings. The van der Waals surface area contributed by atoms with Crippen molar-refractivity contribution in [2.24, 2.45) is 5.92 Å². The maximum Gasteiger partial charge on any atom is 0.217 e. The first-order valence-corrected chi connectivity index (χ1v) is 6.26. The van der Waals surface area contributed by atoms with Gasteiger partial charge in [0.2, 0.25) is 5.91 Å². The van der Waals surface area contributed by atoms with E-state index in [4.69, 9.17) is 9.84 Å². The van der Waals surface area contributed by atoms with Crippen molar-refractivity contribution in [3.05, 3.63) is 0 Å². The maximum absolute atomic E-state index is 11.1. The molecule has 1 saturated heterocycles. The van der Waals surface area contributed by atoms with E-state index in [9.17, 15) is 15.0 Å². The summed E-state index contributed by atoms with van der Waals surface area (Å²) in [5.41, 5.74) is 0. The van der Waals surface area contributed by atoms with Gasteiger partial charge in [-0.1, -0.05) is 13.8 Å². The summed E-state index contributed by atoms with van der Waals surface area (Å²) in [4.78, 5) is 11.1. The lowest BCUT2D eigenvalue weighted by atomic mass is 9.88. The smallest absolute Gasteiger partial charge is 0.217 e. The summed E-state index contributed by atoms with van der Waals surface area (Å²) in [7, 11) is 0. The molecule has 5 unspecified atom stereocenters. The third kappa shape index (κ3) is 3.65. The summed E-state index contributed by atoms with van der Waals surface area (Å²) in [6.07, 6.45) is -2.93. The van der Waals surface area contributed by atoms with Crippen LogP contribution in [0.4, 0.5) is 0 Å². The van der Waals surface area contributed by atoms with Crippen LogP contribution in [-0.4, -0.2) is 58.3 Å². The topological polar surface area (TPSA) is 99.0 Å².